The third-order valence-electron chi connectivity index (χ3n) is 15.6. The molecule has 5 nitrogen and oxygen atoms in total. The Morgan fingerprint density at radius 2 is 1.12 bits per heavy atom. The van der Waals surface area contributed by atoms with E-state index in [0.29, 0.717) is 0 Å². The van der Waals surface area contributed by atoms with Crippen LogP contribution in [0.15, 0.2) is 146 Å². The van der Waals surface area contributed by atoms with Gasteiger partial charge in [0.1, 0.15) is 11.6 Å². The molecule has 0 aliphatic heterocycles. The number of aromatic amines is 1. The van der Waals surface area contributed by atoms with Gasteiger partial charge in [-0.05, 0) is 201 Å². The molecule has 354 valence electrons. The second-order valence-corrected chi connectivity index (χ2v) is 21.7. The molecule has 0 amide bonds. The summed E-state index contributed by atoms with van der Waals surface area (Å²) in [6, 6.07) is 52.2. The first-order valence-corrected chi connectivity index (χ1v) is 25.4. The van der Waals surface area contributed by atoms with E-state index < -0.39 is 0 Å². The van der Waals surface area contributed by atoms with E-state index in [9.17, 15) is 0 Å². The summed E-state index contributed by atoms with van der Waals surface area (Å²) in [6.07, 6.45) is 1.97. The lowest BCUT2D eigenvalue weighted by Crippen LogP contribution is -2.10. The number of fused-ring (bicyclic) bond motifs is 7. The minimum atomic E-state index is -0.0133. The summed E-state index contributed by atoms with van der Waals surface area (Å²) in [7, 11) is 0. The van der Waals surface area contributed by atoms with Crippen molar-refractivity contribution in [1.29, 1.82) is 0 Å². The van der Waals surface area contributed by atoms with Crippen molar-refractivity contribution in [3.63, 3.8) is 0 Å². The van der Waals surface area contributed by atoms with Crippen molar-refractivity contribution in [2.24, 2.45) is 0 Å². The molecule has 5 heteroatoms. The summed E-state index contributed by atoms with van der Waals surface area (Å²) in [5.74, 6) is 1.79. The molecule has 0 aliphatic rings. The van der Waals surface area contributed by atoms with E-state index in [1.807, 2.05) is 6.20 Å². The zero-order valence-corrected chi connectivity index (χ0v) is 43.6. The van der Waals surface area contributed by atoms with Gasteiger partial charge in [-0.3, -0.25) is 9.13 Å². The summed E-state index contributed by atoms with van der Waals surface area (Å²) in [6.45, 7) is 26.8. The van der Waals surface area contributed by atoms with Crippen LogP contribution in [0.2, 0.25) is 0 Å². The summed E-state index contributed by atoms with van der Waals surface area (Å²) in [5, 5.41) is 4.83. The quantitative estimate of drug-likeness (QED) is 0.181. The van der Waals surface area contributed by atoms with Gasteiger partial charge in [0.15, 0.2) is 0 Å². The predicted octanol–water partition coefficient (Wildman–Crippen LogP) is 17.9. The fourth-order valence-corrected chi connectivity index (χ4v) is 12.1. The standard InChI is InChI=1S/C67H61N5/c1-37-28-41(5)61(42(6)29-37)47-26-27-68-60(35-47)72-57-25-23-48(67(10,11)12)36-55(57)51-24-22-46(34-59(51)72)50-16-15-21-58-65(50)70-66(71(58)49-32-39(3)45(9)40(4)33-49)54-19-13-18-53-63-52(17-14-20-56(63)69-64(53)54)62-43(7)30-38(2)31-44(62)8/h13-36,69H,1-12H3. The number of nitrogens with zero attached hydrogens (tertiary/aromatic N) is 4. The molecular weight excluding hydrogens is 875 g/mol. The average molecular weight is 936 g/mol. The largest absolute Gasteiger partial charge is 0.354 e. The molecular formula is C67H61N5. The van der Waals surface area contributed by atoms with Crippen LogP contribution in [0.1, 0.15) is 76.4 Å². The first kappa shape index (κ1) is 45.1. The van der Waals surface area contributed by atoms with Gasteiger partial charge < -0.3 is 4.98 Å². The second-order valence-electron chi connectivity index (χ2n) is 21.7. The molecule has 0 atom stereocenters. The number of hydrogen-bond acceptors (Lipinski definition) is 2. The zero-order chi connectivity index (χ0) is 50.1. The number of aromatic nitrogens is 5. The minimum Gasteiger partial charge on any atom is -0.354 e. The third kappa shape index (κ3) is 7.12. The molecule has 0 fully saturated rings. The molecule has 4 heterocycles. The molecule has 0 unspecified atom stereocenters. The van der Waals surface area contributed by atoms with Gasteiger partial charge in [0.2, 0.25) is 0 Å². The molecule has 0 saturated carbocycles. The van der Waals surface area contributed by atoms with Crippen LogP contribution in [0.5, 0.6) is 0 Å². The lowest BCUT2D eigenvalue weighted by Gasteiger charge is -2.19. The first-order chi connectivity index (χ1) is 34.5. The first-order valence-electron chi connectivity index (χ1n) is 25.4. The number of pyridine rings is 1. The van der Waals surface area contributed by atoms with E-state index in [4.69, 9.17) is 9.97 Å². The number of hydrogen-bond donors (Lipinski definition) is 1. The lowest BCUT2D eigenvalue weighted by atomic mass is 9.86. The Hall–Kier alpha value is -8.02. The number of nitrogens with one attached hydrogen (secondary N) is 1. The van der Waals surface area contributed by atoms with Gasteiger partial charge in [0.05, 0.1) is 27.6 Å². The van der Waals surface area contributed by atoms with Gasteiger partial charge in [-0.15, -0.1) is 0 Å². The molecule has 0 radical (unpaired) electrons. The van der Waals surface area contributed by atoms with Crippen LogP contribution in [0.3, 0.4) is 0 Å². The molecule has 0 aliphatic carbocycles. The maximum absolute atomic E-state index is 5.79. The maximum atomic E-state index is 5.79. The summed E-state index contributed by atoms with van der Waals surface area (Å²) >= 11 is 0. The maximum Gasteiger partial charge on any atom is 0.147 e. The van der Waals surface area contributed by atoms with Crippen LogP contribution in [-0.2, 0) is 5.41 Å². The smallest absolute Gasteiger partial charge is 0.147 e. The normalized spacial score (nSPS) is 12.2. The molecule has 0 bridgehead atoms. The Morgan fingerprint density at radius 3 is 1.83 bits per heavy atom. The molecule has 8 aromatic carbocycles. The molecule has 0 spiro atoms. The highest BCUT2D eigenvalue weighted by atomic mass is 15.1. The van der Waals surface area contributed by atoms with Crippen LogP contribution >= 0.6 is 0 Å². The fraction of sp³-hybridized carbons (Fsp3) is 0.194. The van der Waals surface area contributed by atoms with Crippen LogP contribution in [0.4, 0.5) is 0 Å². The Kier molecular flexibility index (Phi) is 10.4. The number of benzene rings is 8. The molecule has 12 aromatic rings. The van der Waals surface area contributed by atoms with Gasteiger partial charge >= 0.3 is 0 Å². The second kappa shape index (κ2) is 16.5. The average Bonchev–Trinajstić information content (AvgIpc) is 4.02. The predicted molar refractivity (Wildman–Crippen MR) is 306 cm³/mol. The zero-order valence-electron chi connectivity index (χ0n) is 43.6. The highest BCUT2D eigenvalue weighted by Crippen LogP contribution is 2.44. The topological polar surface area (TPSA) is 51.4 Å². The highest BCUT2D eigenvalue weighted by Gasteiger charge is 2.25. The monoisotopic (exact) mass is 935 g/mol. The van der Waals surface area contributed by atoms with Crippen LogP contribution in [-0.4, -0.2) is 24.1 Å². The number of aryl methyl sites for hydroxylation is 8. The van der Waals surface area contributed by atoms with Crippen molar-refractivity contribution in [2.45, 2.75) is 88.5 Å². The lowest BCUT2D eigenvalue weighted by molar-refractivity contribution is 0.591. The van der Waals surface area contributed by atoms with E-state index in [1.165, 1.54) is 99.4 Å². The van der Waals surface area contributed by atoms with Crippen molar-refractivity contribution in [3.8, 4) is 56.3 Å². The van der Waals surface area contributed by atoms with E-state index in [1.54, 1.807) is 0 Å². The Bertz CT molecular complexity index is 4170. The minimum absolute atomic E-state index is 0.0133. The summed E-state index contributed by atoms with van der Waals surface area (Å²) in [5.41, 5.74) is 28.5. The number of para-hydroxylation sites is 2. The molecule has 1 N–H and O–H groups in total. The van der Waals surface area contributed by atoms with Crippen molar-refractivity contribution < 1.29 is 0 Å². The van der Waals surface area contributed by atoms with E-state index in [0.717, 1.165) is 67.1 Å². The fourth-order valence-electron chi connectivity index (χ4n) is 12.1. The van der Waals surface area contributed by atoms with Crippen molar-refractivity contribution >= 4 is 54.6 Å². The van der Waals surface area contributed by atoms with Gasteiger partial charge in [-0.2, -0.15) is 0 Å². The summed E-state index contributed by atoms with van der Waals surface area (Å²) in [4.78, 5) is 14.9. The SMILES string of the molecule is Cc1cc(C)c(-c2ccnc(-n3c4ccc(C(C)(C)C)cc4c4ccc(-c5cccc6c5nc(-c5cccc7c5[nH]c5cccc(-c8c(C)cc(C)cc8C)c57)n6-c5cc(C)c(C)c(C)c5)cc43)c2)c(C)c1. The summed E-state index contributed by atoms with van der Waals surface area (Å²) < 4.78 is 4.76. The third-order valence-corrected chi connectivity index (χ3v) is 15.6. The molecule has 0 saturated heterocycles. The van der Waals surface area contributed by atoms with E-state index in [2.05, 4.69) is 237 Å². The number of imidazole rings is 1. The highest BCUT2D eigenvalue weighted by molar-refractivity contribution is 6.18. The Balaban J connectivity index is 1.11. The molecule has 12 rings (SSSR count). The van der Waals surface area contributed by atoms with Gasteiger partial charge in [-0.25, -0.2) is 9.97 Å². The van der Waals surface area contributed by atoms with Crippen LogP contribution in [0.25, 0.3) is 111 Å². The Morgan fingerprint density at radius 1 is 0.472 bits per heavy atom. The van der Waals surface area contributed by atoms with E-state index >= 15 is 0 Å². The van der Waals surface area contributed by atoms with Crippen molar-refractivity contribution in [2.75, 3.05) is 0 Å². The Labute approximate surface area is 422 Å². The van der Waals surface area contributed by atoms with E-state index in [-0.39, 0.29) is 5.41 Å². The number of H-pyrrole nitrogens is 1. The van der Waals surface area contributed by atoms with Gasteiger partial charge in [-0.1, -0.05) is 111 Å². The van der Waals surface area contributed by atoms with Crippen molar-refractivity contribution in [1.82, 2.24) is 24.1 Å². The number of rotatable bonds is 6. The van der Waals surface area contributed by atoms with Crippen LogP contribution in [0, 0.1) is 62.3 Å². The van der Waals surface area contributed by atoms with Crippen molar-refractivity contribution in [3.05, 3.63) is 201 Å². The van der Waals surface area contributed by atoms with Gasteiger partial charge in [0, 0.05) is 50.1 Å². The molecule has 72 heavy (non-hydrogen) atoms. The molecule has 4 aromatic heterocycles. The van der Waals surface area contributed by atoms with Crippen LogP contribution < -0.4 is 0 Å². The van der Waals surface area contributed by atoms with Gasteiger partial charge in [0.25, 0.3) is 0 Å².